The minimum absolute atomic E-state index is 0.490. The predicted octanol–water partition coefficient (Wildman–Crippen LogP) is 2.99. The van der Waals surface area contributed by atoms with Gasteiger partial charge in [0.15, 0.2) is 0 Å². The van der Waals surface area contributed by atoms with E-state index in [1.807, 2.05) is 0 Å². The van der Waals surface area contributed by atoms with Crippen molar-refractivity contribution in [3.63, 3.8) is 0 Å². The van der Waals surface area contributed by atoms with Crippen LogP contribution < -0.4 is 5.73 Å². The van der Waals surface area contributed by atoms with Gasteiger partial charge in [0.05, 0.1) is 0 Å². The third kappa shape index (κ3) is 1.88. The summed E-state index contributed by atoms with van der Waals surface area (Å²) in [6.45, 7) is 0. The molecule has 86 valence electrons. The van der Waals surface area contributed by atoms with E-state index in [2.05, 4.69) is 34.2 Å². The van der Waals surface area contributed by atoms with Gasteiger partial charge < -0.3 is 5.73 Å². The zero-order valence-electron chi connectivity index (χ0n) is 9.63. The number of benzene rings is 1. The van der Waals surface area contributed by atoms with Crippen LogP contribution in [0.15, 0.2) is 36.7 Å². The molecule has 0 spiro atoms. The summed E-state index contributed by atoms with van der Waals surface area (Å²) in [7, 11) is 0. The van der Waals surface area contributed by atoms with Crippen molar-refractivity contribution < 1.29 is 0 Å². The van der Waals surface area contributed by atoms with Gasteiger partial charge in [0.2, 0.25) is 0 Å². The monoisotopic (exact) mass is 225 g/mol. The molecule has 0 saturated heterocycles. The molecule has 0 amide bonds. The summed E-state index contributed by atoms with van der Waals surface area (Å²) in [5.74, 6) is 1.26. The van der Waals surface area contributed by atoms with E-state index in [0.717, 1.165) is 17.2 Å². The molecule has 1 aliphatic rings. The van der Waals surface area contributed by atoms with Crippen LogP contribution in [-0.4, -0.2) is 9.97 Å². The van der Waals surface area contributed by atoms with E-state index >= 15 is 0 Å². The van der Waals surface area contributed by atoms with Gasteiger partial charge in [-0.1, -0.05) is 30.7 Å². The van der Waals surface area contributed by atoms with E-state index in [0.29, 0.717) is 5.82 Å². The van der Waals surface area contributed by atoms with Crippen molar-refractivity contribution in [3.8, 4) is 11.3 Å². The second-order valence-corrected chi connectivity index (χ2v) is 4.54. The van der Waals surface area contributed by atoms with Gasteiger partial charge in [0.25, 0.3) is 0 Å². The summed E-state index contributed by atoms with van der Waals surface area (Å²) in [5.41, 5.74) is 9.06. The maximum Gasteiger partial charge on any atom is 0.149 e. The Morgan fingerprint density at radius 3 is 2.29 bits per heavy atom. The normalized spacial score (nSPS) is 15.5. The average Bonchev–Trinajstić information content (AvgIpc) is 2.29. The molecule has 0 unspecified atom stereocenters. The molecule has 1 aliphatic carbocycles. The van der Waals surface area contributed by atoms with Crippen LogP contribution in [0.1, 0.15) is 30.7 Å². The zero-order valence-corrected chi connectivity index (χ0v) is 9.63. The lowest BCUT2D eigenvalue weighted by molar-refractivity contribution is 0.420. The lowest BCUT2D eigenvalue weighted by Gasteiger charge is -2.25. The number of rotatable bonds is 2. The van der Waals surface area contributed by atoms with Gasteiger partial charge >= 0.3 is 0 Å². The highest BCUT2D eigenvalue weighted by atomic mass is 14.9. The molecular formula is C14H15N3. The fourth-order valence-corrected chi connectivity index (χ4v) is 2.23. The Morgan fingerprint density at radius 1 is 1.00 bits per heavy atom. The van der Waals surface area contributed by atoms with Crippen molar-refractivity contribution in [1.29, 1.82) is 0 Å². The van der Waals surface area contributed by atoms with Crippen molar-refractivity contribution in [1.82, 2.24) is 9.97 Å². The number of nitrogens with zero attached hydrogens (tertiary/aromatic N) is 2. The zero-order chi connectivity index (χ0) is 11.7. The van der Waals surface area contributed by atoms with Crippen LogP contribution in [0, 0.1) is 0 Å². The summed E-state index contributed by atoms with van der Waals surface area (Å²) in [6.07, 6.45) is 7.30. The van der Waals surface area contributed by atoms with Gasteiger partial charge in [-0.2, -0.15) is 0 Å². The maximum absolute atomic E-state index is 5.81. The SMILES string of the molecule is Nc1nccnc1-c1ccc(C2CCC2)cc1. The summed E-state index contributed by atoms with van der Waals surface area (Å²) < 4.78 is 0. The minimum Gasteiger partial charge on any atom is -0.382 e. The van der Waals surface area contributed by atoms with Crippen LogP contribution in [-0.2, 0) is 0 Å². The molecule has 1 fully saturated rings. The van der Waals surface area contributed by atoms with Crippen LogP contribution in [0.2, 0.25) is 0 Å². The molecule has 0 atom stereocenters. The smallest absolute Gasteiger partial charge is 0.149 e. The number of hydrogen-bond acceptors (Lipinski definition) is 3. The number of nitrogens with two attached hydrogens (primary N) is 1. The third-order valence-electron chi connectivity index (χ3n) is 3.49. The third-order valence-corrected chi connectivity index (χ3v) is 3.49. The van der Waals surface area contributed by atoms with Crippen LogP contribution in [0.4, 0.5) is 5.82 Å². The van der Waals surface area contributed by atoms with Crippen LogP contribution in [0.5, 0.6) is 0 Å². The Kier molecular flexibility index (Phi) is 2.52. The molecule has 3 heteroatoms. The average molecular weight is 225 g/mol. The Hall–Kier alpha value is -1.90. The summed E-state index contributed by atoms with van der Waals surface area (Å²) in [6, 6.07) is 8.56. The van der Waals surface area contributed by atoms with E-state index < -0.39 is 0 Å². The Balaban J connectivity index is 1.91. The highest BCUT2D eigenvalue weighted by molar-refractivity contribution is 5.69. The fourth-order valence-electron chi connectivity index (χ4n) is 2.23. The first kappa shape index (κ1) is 10.3. The van der Waals surface area contributed by atoms with Gasteiger partial charge in [-0.15, -0.1) is 0 Å². The molecular weight excluding hydrogens is 210 g/mol. The first-order valence-electron chi connectivity index (χ1n) is 6.01. The molecule has 1 aromatic heterocycles. The van der Waals surface area contributed by atoms with Crippen LogP contribution in [0.25, 0.3) is 11.3 Å². The van der Waals surface area contributed by atoms with Crippen LogP contribution >= 0.6 is 0 Å². The number of hydrogen-bond donors (Lipinski definition) is 1. The van der Waals surface area contributed by atoms with E-state index in [4.69, 9.17) is 5.73 Å². The topological polar surface area (TPSA) is 51.8 Å². The van der Waals surface area contributed by atoms with Crippen molar-refractivity contribution in [2.24, 2.45) is 0 Å². The second kappa shape index (κ2) is 4.17. The highest BCUT2D eigenvalue weighted by Gasteiger charge is 2.19. The summed E-state index contributed by atoms with van der Waals surface area (Å²) >= 11 is 0. The molecule has 3 nitrogen and oxygen atoms in total. The van der Waals surface area contributed by atoms with Gasteiger partial charge in [0, 0.05) is 18.0 Å². The summed E-state index contributed by atoms with van der Waals surface area (Å²) in [4.78, 5) is 8.33. The second-order valence-electron chi connectivity index (χ2n) is 4.54. The van der Waals surface area contributed by atoms with Gasteiger partial charge in [-0.25, -0.2) is 4.98 Å². The van der Waals surface area contributed by atoms with E-state index in [1.165, 1.54) is 24.8 Å². The lowest BCUT2D eigenvalue weighted by Crippen LogP contribution is -2.08. The fraction of sp³-hybridized carbons (Fsp3) is 0.286. The van der Waals surface area contributed by atoms with Crippen molar-refractivity contribution in [2.75, 3.05) is 5.73 Å². The predicted molar refractivity (Wildman–Crippen MR) is 68.5 cm³/mol. The quantitative estimate of drug-likeness (QED) is 0.854. The molecule has 2 aromatic rings. The first-order valence-corrected chi connectivity index (χ1v) is 6.01. The van der Waals surface area contributed by atoms with Crippen molar-refractivity contribution in [3.05, 3.63) is 42.2 Å². The molecule has 3 rings (SSSR count). The van der Waals surface area contributed by atoms with E-state index in [1.54, 1.807) is 12.4 Å². The lowest BCUT2D eigenvalue weighted by atomic mass is 9.80. The first-order chi connectivity index (χ1) is 8.34. The van der Waals surface area contributed by atoms with Gasteiger partial charge in [0.1, 0.15) is 11.5 Å². The molecule has 1 aromatic carbocycles. The van der Waals surface area contributed by atoms with Crippen molar-refractivity contribution >= 4 is 5.82 Å². The standard InChI is InChI=1S/C14H15N3/c15-14-13(16-8-9-17-14)12-6-4-11(5-7-12)10-2-1-3-10/h4-10H,1-3H2,(H2,15,17). The highest BCUT2D eigenvalue weighted by Crippen LogP contribution is 2.36. The Bertz CT molecular complexity index is 515. The maximum atomic E-state index is 5.81. The molecule has 0 radical (unpaired) electrons. The van der Waals surface area contributed by atoms with Crippen molar-refractivity contribution in [2.45, 2.75) is 25.2 Å². The number of aromatic nitrogens is 2. The molecule has 1 heterocycles. The summed E-state index contributed by atoms with van der Waals surface area (Å²) in [5, 5.41) is 0. The minimum atomic E-state index is 0.490. The molecule has 17 heavy (non-hydrogen) atoms. The largest absolute Gasteiger partial charge is 0.382 e. The molecule has 1 saturated carbocycles. The molecule has 2 N–H and O–H groups in total. The van der Waals surface area contributed by atoms with E-state index in [-0.39, 0.29) is 0 Å². The van der Waals surface area contributed by atoms with Gasteiger partial charge in [-0.05, 0) is 24.3 Å². The Labute approximate surface area is 101 Å². The Morgan fingerprint density at radius 2 is 1.71 bits per heavy atom. The van der Waals surface area contributed by atoms with Gasteiger partial charge in [-0.3, -0.25) is 4.98 Å². The molecule has 0 bridgehead atoms. The number of nitrogen functional groups attached to an aromatic ring is 1. The van der Waals surface area contributed by atoms with Crippen LogP contribution in [0.3, 0.4) is 0 Å². The number of anilines is 1. The molecule has 0 aliphatic heterocycles. The van der Waals surface area contributed by atoms with E-state index in [9.17, 15) is 0 Å².